The maximum Gasteiger partial charge on any atom is 0.270 e. The zero-order valence-electron chi connectivity index (χ0n) is 19.2. The van der Waals surface area contributed by atoms with Crippen LogP contribution in [0.15, 0.2) is 78.9 Å². The maximum absolute atomic E-state index is 14.5. The van der Waals surface area contributed by atoms with Crippen LogP contribution in [0, 0.1) is 12.7 Å². The lowest BCUT2D eigenvalue weighted by Gasteiger charge is -2.19. The van der Waals surface area contributed by atoms with Gasteiger partial charge in [0.25, 0.3) is 5.91 Å². The van der Waals surface area contributed by atoms with Crippen molar-refractivity contribution in [1.29, 1.82) is 0 Å². The number of rotatable bonds is 7. The van der Waals surface area contributed by atoms with Gasteiger partial charge in [0.05, 0.1) is 6.04 Å². The molecule has 1 N–H and O–H groups in total. The number of nitrogens with zero attached hydrogens (tertiary/aromatic N) is 2. The van der Waals surface area contributed by atoms with Crippen LogP contribution in [-0.2, 0) is 6.54 Å². The number of benzene rings is 3. The minimum Gasteiger partial charge on any atom is -0.344 e. The Morgan fingerprint density at radius 3 is 2.24 bits per heavy atom. The van der Waals surface area contributed by atoms with Gasteiger partial charge in [-0.3, -0.25) is 4.79 Å². The molecule has 0 fully saturated rings. The minimum atomic E-state index is -0.318. The molecule has 1 aromatic heterocycles. The van der Waals surface area contributed by atoms with E-state index in [1.165, 1.54) is 6.07 Å². The van der Waals surface area contributed by atoms with Gasteiger partial charge in [-0.1, -0.05) is 79.7 Å². The summed E-state index contributed by atoms with van der Waals surface area (Å²) >= 11 is 0. The quantitative estimate of drug-likeness (QED) is 0.353. The largest absolute Gasteiger partial charge is 0.344 e. The molecule has 4 aromatic rings. The van der Waals surface area contributed by atoms with Gasteiger partial charge in [-0.15, -0.1) is 0 Å². The van der Waals surface area contributed by atoms with E-state index in [0.717, 1.165) is 17.5 Å². The first-order valence-corrected chi connectivity index (χ1v) is 11.3. The van der Waals surface area contributed by atoms with E-state index in [1.807, 2.05) is 85.1 Å². The Labute approximate surface area is 194 Å². The number of carbonyl (C=O) groups is 1. The van der Waals surface area contributed by atoms with Crippen molar-refractivity contribution >= 4 is 5.91 Å². The van der Waals surface area contributed by atoms with Crippen LogP contribution in [0.25, 0.3) is 22.6 Å². The number of halogens is 1. The smallest absolute Gasteiger partial charge is 0.270 e. The molecule has 0 aliphatic rings. The Bertz CT molecular complexity index is 1250. The summed E-state index contributed by atoms with van der Waals surface area (Å²) in [5.41, 5.74) is 4.01. The third-order valence-corrected chi connectivity index (χ3v) is 5.89. The average Bonchev–Trinajstić information content (AvgIpc) is 3.25. The Morgan fingerprint density at radius 1 is 0.970 bits per heavy atom. The summed E-state index contributed by atoms with van der Waals surface area (Å²) in [5, 5.41) is 3.18. The molecule has 0 spiro atoms. The molecule has 4 nitrogen and oxygen atoms in total. The number of nitrogens with one attached hydrogen (secondary N) is 1. The molecule has 0 saturated heterocycles. The van der Waals surface area contributed by atoms with E-state index in [0.29, 0.717) is 34.9 Å². The lowest BCUT2D eigenvalue weighted by atomic mass is 10.0. The second-order valence-corrected chi connectivity index (χ2v) is 8.05. The molecule has 0 aliphatic carbocycles. The summed E-state index contributed by atoms with van der Waals surface area (Å²) in [6, 6.07) is 24.5. The SMILES string of the molecule is CCC(NC(=O)c1c(-c2ccc(C)c(F)c2)nc(-c2ccccc2)n1CC)c1ccccc1. The maximum atomic E-state index is 14.5. The number of carbonyl (C=O) groups excluding carboxylic acids is 1. The highest BCUT2D eigenvalue weighted by molar-refractivity contribution is 5.99. The van der Waals surface area contributed by atoms with E-state index in [-0.39, 0.29) is 17.8 Å². The first-order valence-electron chi connectivity index (χ1n) is 11.3. The van der Waals surface area contributed by atoms with Crippen LogP contribution in [0.1, 0.15) is 47.9 Å². The summed E-state index contributed by atoms with van der Waals surface area (Å²) in [6.45, 7) is 6.30. The van der Waals surface area contributed by atoms with Gasteiger partial charge in [-0.05, 0) is 37.5 Å². The summed E-state index contributed by atoms with van der Waals surface area (Å²) in [7, 11) is 0. The molecule has 1 unspecified atom stereocenters. The molecule has 5 heteroatoms. The van der Waals surface area contributed by atoms with Crippen molar-refractivity contribution in [3.63, 3.8) is 0 Å². The molecule has 0 aliphatic heterocycles. The fraction of sp³-hybridized carbons (Fsp3) is 0.214. The van der Waals surface area contributed by atoms with Crippen LogP contribution >= 0.6 is 0 Å². The molecule has 3 aromatic carbocycles. The van der Waals surface area contributed by atoms with Crippen LogP contribution in [-0.4, -0.2) is 15.5 Å². The van der Waals surface area contributed by atoms with Gasteiger partial charge >= 0.3 is 0 Å². The van der Waals surface area contributed by atoms with Gasteiger partial charge in [-0.25, -0.2) is 9.37 Å². The second kappa shape index (κ2) is 9.82. The Morgan fingerprint density at radius 2 is 1.64 bits per heavy atom. The van der Waals surface area contributed by atoms with Crippen molar-refractivity contribution < 1.29 is 9.18 Å². The number of aryl methyl sites for hydroxylation is 1. The fourth-order valence-corrected chi connectivity index (χ4v) is 4.07. The first kappa shape index (κ1) is 22.5. The van der Waals surface area contributed by atoms with Crippen molar-refractivity contribution in [1.82, 2.24) is 14.9 Å². The minimum absolute atomic E-state index is 0.137. The Hall–Kier alpha value is -3.73. The standard InChI is InChI=1S/C28H28FN3O/c1-4-24(20-12-8-6-9-13-20)30-28(33)26-25(22-17-16-19(3)23(29)18-22)31-27(32(26)5-2)21-14-10-7-11-15-21/h6-18,24H,4-5H2,1-3H3,(H,30,33). The number of amides is 1. The van der Waals surface area contributed by atoms with Crippen LogP contribution in [0.2, 0.25) is 0 Å². The lowest BCUT2D eigenvalue weighted by Crippen LogP contribution is -2.30. The van der Waals surface area contributed by atoms with Gasteiger partial charge < -0.3 is 9.88 Å². The van der Waals surface area contributed by atoms with Crippen LogP contribution in [0.3, 0.4) is 0 Å². The van der Waals surface area contributed by atoms with Gasteiger partial charge in [0.15, 0.2) is 0 Å². The Kier molecular flexibility index (Phi) is 6.68. The topological polar surface area (TPSA) is 46.9 Å². The van der Waals surface area contributed by atoms with E-state index >= 15 is 0 Å². The number of hydrogen-bond donors (Lipinski definition) is 1. The van der Waals surface area contributed by atoms with Crippen LogP contribution in [0.5, 0.6) is 0 Å². The molecule has 1 amide bonds. The summed E-state index contributed by atoms with van der Waals surface area (Å²) in [4.78, 5) is 18.5. The molecule has 168 valence electrons. The molecule has 1 heterocycles. The first-order chi connectivity index (χ1) is 16.0. The summed E-state index contributed by atoms with van der Waals surface area (Å²) in [6.07, 6.45) is 0.746. The van der Waals surface area contributed by atoms with E-state index in [2.05, 4.69) is 5.32 Å². The predicted octanol–water partition coefficient (Wildman–Crippen LogP) is 6.57. The van der Waals surface area contributed by atoms with Crippen molar-refractivity contribution in [2.24, 2.45) is 0 Å². The zero-order valence-corrected chi connectivity index (χ0v) is 19.2. The van der Waals surface area contributed by atoms with Crippen molar-refractivity contribution in [2.75, 3.05) is 0 Å². The molecular weight excluding hydrogens is 413 g/mol. The van der Waals surface area contributed by atoms with Gasteiger partial charge in [0.2, 0.25) is 0 Å². The monoisotopic (exact) mass is 441 g/mol. The van der Waals surface area contributed by atoms with E-state index in [9.17, 15) is 9.18 Å². The van der Waals surface area contributed by atoms with Crippen molar-refractivity contribution in [3.05, 3.63) is 102 Å². The molecule has 0 saturated carbocycles. The van der Waals surface area contributed by atoms with E-state index < -0.39 is 0 Å². The highest BCUT2D eigenvalue weighted by Crippen LogP contribution is 2.31. The highest BCUT2D eigenvalue weighted by atomic mass is 19.1. The van der Waals surface area contributed by atoms with E-state index in [1.54, 1.807) is 13.0 Å². The number of aromatic nitrogens is 2. The van der Waals surface area contributed by atoms with Crippen LogP contribution in [0.4, 0.5) is 4.39 Å². The molecular formula is C28H28FN3O. The van der Waals surface area contributed by atoms with Gasteiger partial charge in [0, 0.05) is 17.7 Å². The molecule has 0 bridgehead atoms. The van der Waals surface area contributed by atoms with Gasteiger partial charge in [-0.2, -0.15) is 0 Å². The molecule has 1 atom stereocenters. The molecule has 0 radical (unpaired) electrons. The summed E-state index contributed by atoms with van der Waals surface area (Å²) in [5.74, 6) is 0.145. The highest BCUT2D eigenvalue weighted by Gasteiger charge is 2.26. The molecule has 4 rings (SSSR count). The lowest BCUT2D eigenvalue weighted by molar-refractivity contribution is 0.0927. The predicted molar refractivity (Wildman–Crippen MR) is 130 cm³/mol. The van der Waals surface area contributed by atoms with Crippen molar-refractivity contribution in [2.45, 2.75) is 39.8 Å². The van der Waals surface area contributed by atoms with Gasteiger partial charge in [0.1, 0.15) is 23.0 Å². The number of imidazole rings is 1. The molecule has 33 heavy (non-hydrogen) atoms. The zero-order chi connectivity index (χ0) is 23.4. The Balaban J connectivity index is 1.85. The summed E-state index contributed by atoms with van der Waals surface area (Å²) < 4.78 is 16.4. The van der Waals surface area contributed by atoms with E-state index in [4.69, 9.17) is 4.98 Å². The third-order valence-electron chi connectivity index (χ3n) is 5.89. The second-order valence-electron chi connectivity index (χ2n) is 8.05. The number of hydrogen-bond acceptors (Lipinski definition) is 2. The third kappa shape index (κ3) is 4.58. The van der Waals surface area contributed by atoms with Crippen molar-refractivity contribution in [3.8, 4) is 22.6 Å². The normalized spacial score (nSPS) is 11.9. The average molecular weight is 442 g/mol. The van der Waals surface area contributed by atoms with Crippen LogP contribution < -0.4 is 5.32 Å². The fourth-order valence-electron chi connectivity index (χ4n) is 4.07.